The number of hydrogen-bond acceptors (Lipinski definition) is 0. The first-order chi connectivity index (χ1) is 4.57. The van der Waals surface area contributed by atoms with Crippen LogP contribution < -0.4 is 0 Å². The summed E-state index contributed by atoms with van der Waals surface area (Å²) >= 11 is 0. The normalized spacial score (nSPS) is 13.6. The Balaban J connectivity index is 4.35. The van der Waals surface area contributed by atoms with Crippen molar-refractivity contribution in [3.63, 3.8) is 0 Å². The topological polar surface area (TPSA) is 0 Å². The fourth-order valence-corrected chi connectivity index (χ4v) is 0.711. The summed E-state index contributed by atoms with van der Waals surface area (Å²) < 4.78 is 0. The molecule has 0 aromatic rings. The minimum Gasteiger partial charge on any atom is -0.0961 e. The van der Waals surface area contributed by atoms with Gasteiger partial charge in [-0.1, -0.05) is 29.9 Å². The molecule has 0 aliphatic carbocycles. The predicted molar refractivity (Wildman–Crippen MR) is 48.0 cm³/mol. The van der Waals surface area contributed by atoms with Gasteiger partial charge < -0.3 is 0 Å². The molecule has 0 spiro atoms. The van der Waals surface area contributed by atoms with Gasteiger partial charge in [0.1, 0.15) is 0 Å². The number of hydrogen-bond donors (Lipinski definition) is 0. The van der Waals surface area contributed by atoms with E-state index in [0.717, 1.165) is 5.57 Å². The van der Waals surface area contributed by atoms with Crippen molar-refractivity contribution in [2.75, 3.05) is 0 Å². The summed E-state index contributed by atoms with van der Waals surface area (Å²) in [6.07, 6.45) is 4.20. The van der Waals surface area contributed by atoms with Crippen LogP contribution in [0.2, 0.25) is 0 Å². The molecular weight excluding hydrogens is 120 g/mol. The fourth-order valence-electron chi connectivity index (χ4n) is 0.711. The summed E-state index contributed by atoms with van der Waals surface area (Å²) in [5.41, 5.74) is 3.73. The van der Waals surface area contributed by atoms with Gasteiger partial charge in [0.05, 0.1) is 0 Å². The Morgan fingerprint density at radius 2 is 1.60 bits per heavy atom. The van der Waals surface area contributed by atoms with E-state index in [1.165, 1.54) is 11.1 Å². The van der Waals surface area contributed by atoms with Gasteiger partial charge in [-0.05, 0) is 33.3 Å². The van der Waals surface area contributed by atoms with Crippen molar-refractivity contribution in [2.24, 2.45) is 0 Å². The van der Waals surface area contributed by atoms with E-state index in [1.807, 2.05) is 13.8 Å². The molecule has 0 aliphatic rings. The Bertz CT molecular complexity index is 180. The van der Waals surface area contributed by atoms with E-state index in [-0.39, 0.29) is 0 Å². The maximum Gasteiger partial charge on any atom is -0.0395 e. The molecule has 0 bridgehead atoms. The summed E-state index contributed by atoms with van der Waals surface area (Å²) in [7, 11) is 0. The molecule has 0 fully saturated rings. The maximum atomic E-state index is 3.81. The molecule has 0 nitrogen and oxygen atoms in total. The van der Waals surface area contributed by atoms with Gasteiger partial charge in [-0.25, -0.2) is 0 Å². The highest BCUT2D eigenvalue weighted by Crippen LogP contribution is 2.09. The third-order valence-electron chi connectivity index (χ3n) is 1.52. The molecule has 0 saturated heterocycles. The molecule has 10 heavy (non-hydrogen) atoms. The highest BCUT2D eigenvalue weighted by Gasteiger charge is 1.88. The van der Waals surface area contributed by atoms with Gasteiger partial charge in [-0.3, -0.25) is 0 Å². The largest absolute Gasteiger partial charge is 0.0961 e. The van der Waals surface area contributed by atoms with Crippen LogP contribution in [-0.4, -0.2) is 0 Å². The van der Waals surface area contributed by atoms with Crippen LogP contribution in [0.5, 0.6) is 0 Å². The van der Waals surface area contributed by atoms with E-state index in [4.69, 9.17) is 0 Å². The Morgan fingerprint density at radius 1 is 1.10 bits per heavy atom. The zero-order valence-corrected chi connectivity index (χ0v) is 7.36. The zero-order chi connectivity index (χ0) is 8.15. The Hall–Kier alpha value is -0.780. The number of allylic oxidation sites excluding steroid dienone is 5. The quantitative estimate of drug-likeness (QED) is 0.510. The lowest BCUT2D eigenvalue weighted by Crippen LogP contribution is -1.78. The average Bonchev–Trinajstić information content (AvgIpc) is 1.85. The van der Waals surface area contributed by atoms with Crippen molar-refractivity contribution in [2.45, 2.75) is 27.7 Å². The Labute approximate surface area is 64.0 Å². The fraction of sp³-hybridized carbons (Fsp3) is 0.400. The summed E-state index contributed by atoms with van der Waals surface area (Å²) in [5, 5.41) is 0. The third kappa shape index (κ3) is 3.29. The van der Waals surface area contributed by atoms with Crippen LogP contribution in [0, 0.1) is 0 Å². The van der Waals surface area contributed by atoms with Crippen LogP contribution in [0.3, 0.4) is 0 Å². The molecular formula is C10H16. The Kier molecular flexibility index (Phi) is 3.78. The van der Waals surface area contributed by atoms with Crippen LogP contribution in [-0.2, 0) is 0 Å². The van der Waals surface area contributed by atoms with Crippen molar-refractivity contribution in [3.8, 4) is 0 Å². The van der Waals surface area contributed by atoms with Crippen LogP contribution in [0.25, 0.3) is 0 Å². The van der Waals surface area contributed by atoms with Gasteiger partial charge in [-0.15, -0.1) is 0 Å². The predicted octanol–water partition coefficient (Wildman–Crippen LogP) is 3.48. The summed E-state index contributed by atoms with van der Waals surface area (Å²) in [6.45, 7) is 12.1. The monoisotopic (exact) mass is 136 g/mol. The van der Waals surface area contributed by atoms with E-state index < -0.39 is 0 Å². The molecule has 0 saturated carbocycles. The van der Waals surface area contributed by atoms with Crippen molar-refractivity contribution in [1.82, 2.24) is 0 Å². The lowest BCUT2D eigenvalue weighted by Gasteiger charge is -1.98. The standard InChI is InChI=1S/C10H16/c1-6-9(4)10(5)7-8(2)3/h6-7H,2H2,1,3-5H3/b9-6+,10-7+. The molecule has 56 valence electrons. The maximum absolute atomic E-state index is 3.81. The highest BCUT2D eigenvalue weighted by molar-refractivity contribution is 5.32. The lowest BCUT2D eigenvalue weighted by molar-refractivity contribution is 1.31. The summed E-state index contributed by atoms with van der Waals surface area (Å²) in [6, 6.07) is 0. The van der Waals surface area contributed by atoms with E-state index >= 15 is 0 Å². The van der Waals surface area contributed by atoms with Gasteiger partial charge >= 0.3 is 0 Å². The molecule has 0 amide bonds. The second kappa shape index (κ2) is 4.10. The molecule has 0 aromatic heterocycles. The molecule has 0 atom stereocenters. The van der Waals surface area contributed by atoms with Crippen molar-refractivity contribution in [3.05, 3.63) is 35.5 Å². The SMILES string of the molecule is C=C(C)/C=C(C)/C(C)=C/C. The van der Waals surface area contributed by atoms with Gasteiger partial charge in [0.15, 0.2) is 0 Å². The Morgan fingerprint density at radius 3 is 1.90 bits per heavy atom. The smallest absolute Gasteiger partial charge is 0.0395 e. The molecule has 0 rings (SSSR count). The van der Waals surface area contributed by atoms with E-state index in [0.29, 0.717) is 0 Å². The average molecular weight is 136 g/mol. The molecule has 0 radical (unpaired) electrons. The molecule has 0 aliphatic heterocycles. The highest BCUT2D eigenvalue weighted by atomic mass is 13.9. The first-order valence-electron chi connectivity index (χ1n) is 3.55. The molecule has 0 heteroatoms. The minimum absolute atomic E-state index is 1.11. The minimum atomic E-state index is 1.11. The van der Waals surface area contributed by atoms with E-state index in [1.54, 1.807) is 0 Å². The molecule has 0 unspecified atom stereocenters. The van der Waals surface area contributed by atoms with Crippen LogP contribution in [0.4, 0.5) is 0 Å². The first-order valence-corrected chi connectivity index (χ1v) is 3.55. The summed E-state index contributed by atoms with van der Waals surface area (Å²) in [5.74, 6) is 0. The second-order valence-corrected chi connectivity index (χ2v) is 2.65. The van der Waals surface area contributed by atoms with Crippen LogP contribution >= 0.6 is 0 Å². The van der Waals surface area contributed by atoms with E-state index in [9.17, 15) is 0 Å². The van der Waals surface area contributed by atoms with Crippen molar-refractivity contribution in [1.29, 1.82) is 0 Å². The van der Waals surface area contributed by atoms with Gasteiger partial charge in [0, 0.05) is 0 Å². The van der Waals surface area contributed by atoms with Gasteiger partial charge in [0.2, 0.25) is 0 Å². The molecule has 0 N–H and O–H groups in total. The summed E-state index contributed by atoms with van der Waals surface area (Å²) in [4.78, 5) is 0. The molecule has 0 heterocycles. The van der Waals surface area contributed by atoms with Crippen LogP contribution in [0.1, 0.15) is 27.7 Å². The van der Waals surface area contributed by atoms with Crippen molar-refractivity contribution < 1.29 is 0 Å². The third-order valence-corrected chi connectivity index (χ3v) is 1.52. The van der Waals surface area contributed by atoms with Crippen molar-refractivity contribution >= 4 is 0 Å². The zero-order valence-electron chi connectivity index (χ0n) is 7.36. The van der Waals surface area contributed by atoms with Gasteiger partial charge in [0.25, 0.3) is 0 Å². The number of rotatable bonds is 2. The lowest BCUT2D eigenvalue weighted by atomic mass is 10.1. The van der Waals surface area contributed by atoms with E-state index in [2.05, 4.69) is 32.6 Å². The second-order valence-electron chi connectivity index (χ2n) is 2.65. The molecule has 0 aromatic carbocycles. The van der Waals surface area contributed by atoms with Gasteiger partial charge in [-0.2, -0.15) is 0 Å². The first kappa shape index (κ1) is 9.22. The van der Waals surface area contributed by atoms with Crippen LogP contribution in [0.15, 0.2) is 35.5 Å².